The third-order valence-electron chi connectivity index (χ3n) is 5.27. The summed E-state index contributed by atoms with van der Waals surface area (Å²) in [5.41, 5.74) is 2.07. The van der Waals surface area contributed by atoms with Crippen LogP contribution in [0.15, 0.2) is 66.7 Å². The van der Waals surface area contributed by atoms with E-state index in [1.807, 2.05) is 30.3 Å². The van der Waals surface area contributed by atoms with E-state index in [-0.39, 0.29) is 13.1 Å². The fraction of sp³-hybridized carbons (Fsp3) is 0.269. The van der Waals surface area contributed by atoms with E-state index in [9.17, 15) is 13.2 Å². The lowest BCUT2D eigenvalue weighted by atomic mass is 10.1. The lowest BCUT2D eigenvalue weighted by Crippen LogP contribution is -2.40. The summed E-state index contributed by atoms with van der Waals surface area (Å²) in [5.74, 6) is 1.46. The van der Waals surface area contributed by atoms with E-state index in [0.29, 0.717) is 40.9 Å². The summed E-state index contributed by atoms with van der Waals surface area (Å²) < 4.78 is 47.6. The van der Waals surface area contributed by atoms with E-state index in [2.05, 4.69) is 5.32 Å². The predicted molar refractivity (Wildman–Crippen MR) is 137 cm³/mol. The molecule has 0 saturated heterocycles. The molecule has 3 rings (SSSR count). The normalized spacial score (nSPS) is 10.9. The number of carbonyl (C=O) groups is 1. The molecule has 0 spiro atoms. The first-order valence-electron chi connectivity index (χ1n) is 11.0. The van der Waals surface area contributed by atoms with Gasteiger partial charge in [-0.05, 0) is 47.5 Å². The Balaban J connectivity index is 1.66. The minimum atomic E-state index is -3.72. The Morgan fingerprint density at radius 1 is 0.861 bits per heavy atom. The number of benzene rings is 3. The molecule has 3 aromatic carbocycles. The van der Waals surface area contributed by atoms with E-state index in [4.69, 9.17) is 18.9 Å². The lowest BCUT2D eigenvalue weighted by molar-refractivity contribution is -0.119. The third-order valence-corrected chi connectivity index (χ3v) is 6.42. The van der Waals surface area contributed by atoms with Gasteiger partial charge in [-0.1, -0.05) is 30.3 Å². The van der Waals surface area contributed by atoms with Gasteiger partial charge in [0, 0.05) is 6.54 Å². The molecule has 0 radical (unpaired) electrons. The predicted octanol–water partition coefficient (Wildman–Crippen LogP) is 3.37. The van der Waals surface area contributed by atoms with Gasteiger partial charge in [0.05, 0.1) is 33.3 Å². The van der Waals surface area contributed by atoms with Gasteiger partial charge in [-0.2, -0.15) is 0 Å². The highest BCUT2D eigenvalue weighted by atomic mass is 32.2. The first kappa shape index (κ1) is 26.7. The van der Waals surface area contributed by atoms with Crippen molar-refractivity contribution in [3.63, 3.8) is 0 Å². The third kappa shape index (κ3) is 7.05. The summed E-state index contributed by atoms with van der Waals surface area (Å²) in [4.78, 5) is 12.7. The summed E-state index contributed by atoms with van der Waals surface area (Å²) in [5, 5.41) is 2.74. The molecule has 0 aliphatic carbocycles. The van der Waals surface area contributed by atoms with Crippen LogP contribution in [0.3, 0.4) is 0 Å². The second-order valence-electron chi connectivity index (χ2n) is 7.85. The van der Waals surface area contributed by atoms with Crippen molar-refractivity contribution in [2.45, 2.75) is 13.2 Å². The summed E-state index contributed by atoms with van der Waals surface area (Å²) >= 11 is 0. The summed E-state index contributed by atoms with van der Waals surface area (Å²) in [6.45, 7) is 0.145. The van der Waals surface area contributed by atoms with E-state index < -0.39 is 15.9 Å². The number of amides is 1. The first-order chi connectivity index (χ1) is 17.2. The van der Waals surface area contributed by atoms with E-state index >= 15 is 0 Å². The number of carbonyl (C=O) groups excluding carboxylic acids is 1. The molecule has 0 atom stereocenters. The molecule has 0 heterocycles. The average Bonchev–Trinajstić information content (AvgIpc) is 2.89. The molecule has 0 aliphatic rings. The van der Waals surface area contributed by atoms with Gasteiger partial charge in [0.1, 0.15) is 18.9 Å². The Morgan fingerprint density at radius 2 is 1.47 bits per heavy atom. The maximum Gasteiger partial charge on any atom is 0.241 e. The number of nitrogens with one attached hydrogen (secondary N) is 1. The van der Waals surface area contributed by atoms with Crippen LogP contribution < -0.4 is 28.6 Å². The number of rotatable bonds is 12. The highest BCUT2D eigenvalue weighted by Crippen LogP contribution is 2.38. The van der Waals surface area contributed by atoms with Crippen LogP contribution in [0.1, 0.15) is 11.1 Å². The Hall–Kier alpha value is -3.92. The number of hydrogen-bond acceptors (Lipinski definition) is 7. The number of sulfonamides is 1. The summed E-state index contributed by atoms with van der Waals surface area (Å²) in [6.07, 6.45) is 1.05. The van der Waals surface area contributed by atoms with Crippen molar-refractivity contribution in [2.24, 2.45) is 0 Å². The Morgan fingerprint density at radius 3 is 2.00 bits per heavy atom. The molecule has 36 heavy (non-hydrogen) atoms. The van der Waals surface area contributed by atoms with E-state index in [1.165, 1.54) is 21.3 Å². The molecule has 0 bridgehead atoms. The maximum atomic E-state index is 12.7. The number of ether oxygens (including phenoxy) is 4. The molecule has 1 amide bonds. The van der Waals surface area contributed by atoms with Gasteiger partial charge in [0.2, 0.25) is 21.7 Å². The van der Waals surface area contributed by atoms with Crippen LogP contribution in [0.25, 0.3) is 0 Å². The van der Waals surface area contributed by atoms with Crippen LogP contribution in [0.4, 0.5) is 5.69 Å². The monoisotopic (exact) mass is 514 g/mol. The Bertz CT molecular complexity index is 1240. The van der Waals surface area contributed by atoms with Crippen molar-refractivity contribution in [2.75, 3.05) is 38.4 Å². The molecule has 0 aliphatic heterocycles. The zero-order chi connectivity index (χ0) is 26.1. The molecule has 10 heteroatoms. The van der Waals surface area contributed by atoms with Gasteiger partial charge in [-0.25, -0.2) is 8.42 Å². The van der Waals surface area contributed by atoms with Crippen molar-refractivity contribution < 1.29 is 32.2 Å². The van der Waals surface area contributed by atoms with Crippen LogP contribution in [-0.2, 0) is 28.0 Å². The molecule has 192 valence electrons. The topological polar surface area (TPSA) is 103 Å². The molecular weight excluding hydrogens is 484 g/mol. The number of hydrogen-bond donors (Lipinski definition) is 1. The average molecular weight is 515 g/mol. The summed E-state index contributed by atoms with van der Waals surface area (Å²) in [6, 6.07) is 19.7. The van der Waals surface area contributed by atoms with Gasteiger partial charge in [-0.15, -0.1) is 0 Å². The van der Waals surface area contributed by atoms with Gasteiger partial charge in [-0.3, -0.25) is 9.10 Å². The van der Waals surface area contributed by atoms with Crippen molar-refractivity contribution in [3.8, 4) is 23.0 Å². The van der Waals surface area contributed by atoms with E-state index in [0.717, 1.165) is 16.1 Å². The largest absolute Gasteiger partial charge is 0.493 e. The zero-order valence-electron chi connectivity index (χ0n) is 20.7. The van der Waals surface area contributed by atoms with E-state index in [1.54, 1.807) is 36.4 Å². The van der Waals surface area contributed by atoms with Crippen LogP contribution in [0, 0.1) is 0 Å². The Kier molecular flexibility index (Phi) is 9.02. The van der Waals surface area contributed by atoms with Crippen molar-refractivity contribution in [3.05, 3.63) is 77.9 Å². The van der Waals surface area contributed by atoms with Gasteiger partial charge < -0.3 is 24.3 Å². The van der Waals surface area contributed by atoms with Crippen molar-refractivity contribution >= 4 is 21.6 Å². The minimum Gasteiger partial charge on any atom is -0.493 e. The fourth-order valence-electron chi connectivity index (χ4n) is 3.47. The lowest BCUT2D eigenvalue weighted by Gasteiger charge is -2.22. The molecule has 3 aromatic rings. The quantitative estimate of drug-likeness (QED) is 0.395. The highest BCUT2D eigenvalue weighted by molar-refractivity contribution is 7.92. The van der Waals surface area contributed by atoms with Crippen LogP contribution in [0.2, 0.25) is 0 Å². The second-order valence-corrected chi connectivity index (χ2v) is 9.75. The Labute approximate surface area is 211 Å². The van der Waals surface area contributed by atoms with Crippen molar-refractivity contribution in [1.82, 2.24) is 5.32 Å². The van der Waals surface area contributed by atoms with Gasteiger partial charge in [0.15, 0.2) is 11.5 Å². The SMILES string of the molecule is COc1cc(CNC(=O)CN(c2ccc(OCc3ccccc3)cc2)S(C)(=O)=O)cc(OC)c1OC. The minimum absolute atomic E-state index is 0.138. The van der Waals surface area contributed by atoms with Gasteiger partial charge in [0.25, 0.3) is 0 Å². The molecule has 0 unspecified atom stereocenters. The molecule has 0 fully saturated rings. The molecule has 1 N–H and O–H groups in total. The van der Waals surface area contributed by atoms with Gasteiger partial charge >= 0.3 is 0 Å². The standard InChI is InChI=1S/C26H30N2O7S/c1-32-23-14-20(15-24(33-2)26(23)34-3)16-27-25(29)17-28(36(4,30)31)21-10-12-22(13-11-21)35-18-19-8-6-5-7-9-19/h5-15H,16-18H2,1-4H3,(H,27,29). The molecule has 0 aromatic heterocycles. The van der Waals surface area contributed by atoms with Crippen LogP contribution in [0.5, 0.6) is 23.0 Å². The first-order valence-corrected chi connectivity index (χ1v) is 12.9. The highest BCUT2D eigenvalue weighted by Gasteiger charge is 2.21. The zero-order valence-corrected chi connectivity index (χ0v) is 21.5. The maximum absolute atomic E-state index is 12.7. The van der Waals surface area contributed by atoms with Crippen LogP contribution in [-0.4, -0.2) is 48.5 Å². The molecular formula is C26H30N2O7S. The number of methoxy groups -OCH3 is 3. The fourth-order valence-corrected chi connectivity index (χ4v) is 4.33. The molecule has 9 nitrogen and oxygen atoms in total. The summed E-state index contributed by atoms with van der Waals surface area (Å²) in [7, 11) is 0.787. The molecule has 0 saturated carbocycles. The van der Waals surface area contributed by atoms with Crippen molar-refractivity contribution in [1.29, 1.82) is 0 Å². The second kappa shape index (κ2) is 12.2. The number of anilines is 1. The number of nitrogens with zero attached hydrogens (tertiary/aromatic N) is 1. The smallest absolute Gasteiger partial charge is 0.241 e. The van der Waals surface area contributed by atoms with Crippen LogP contribution >= 0.6 is 0 Å².